The number of hydrogen-bond acceptors (Lipinski definition) is 3. The van der Waals surface area contributed by atoms with E-state index in [2.05, 4.69) is 12.2 Å². The van der Waals surface area contributed by atoms with Crippen molar-refractivity contribution in [1.29, 1.82) is 0 Å². The molecule has 0 unspecified atom stereocenters. The number of amides is 1. The minimum Gasteiger partial charge on any atom is -0.352 e. The molecule has 0 spiro atoms. The average Bonchev–Trinajstić information content (AvgIpc) is 2.83. The van der Waals surface area contributed by atoms with Crippen LogP contribution in [0.3, 0.4) is 0 Å². The van der Waals surface area contributed by atoms with E-state index in [4.69, 9.17) is 0 Å². The first kappa shape index (κ1) is 23.1. The Labute approximate surface area is 194 Å². The number of nitrogens with zero attached hydrogens (tertiary/aromatic N) is 1. The number of rotatable bonds is 7. The average molecular weight is 467 g/mol. The van der Waals surface area contributed by atoms with Gasteiger partial charge in [-0.25, -0.2) is 12.8 Å². The summed E-state index contributed by atoms with van der Waals surface area (Å²) in [5, 5.41) is 2.92. The van der Waals surface area contributed by atoms with Crippen LogP contribution in [0.2, 0.25) is 0 Å². The van der Waals surface area contributed by atoms with Gasteiger partial charge < -0.3 is 5.32 Å². The zero-order chi connectivity index (χ0) is 23.4. The SMILES string of the molecule is CCc1ccc(CNC(=O)C[C@@H]2c3ccccc3CCN2S(=O)(=O)c2ccc(F)cc2)cc1. The van der Waals surface area contributed by atoms with Crippen molar-refractivity contribution in [2.24, 2.45) is 0 Å². The van der Waals surface area contributed by atoms with E-state index in [1.807, 2.05) is 48.5 Å². The summed E-state index contributed by atoms with van der Waals surface area (Å²) in [5.41, 5.74) is 4.08. The van der Waals surface area contributed by atoms with E-state index in [0.717, 1.165) is 35.2 Å². The van der Waals surface area contributed by atoms with Crippen molar-refractivity contribution in [3.8, 4) is 0 Å². The van der Waals surface area contributed by atoms with Crippen LogP contribution in [-0.2, 0) is 34.2 Å². The van der Waals surface area contributed by atoms with Gasteiger partial charge in [0.25, 0.3) is 0 Å². The Morgan fingerprint density at radius 2 is 1.67 bits per heavy atom. The first-order valence-corrected chi connectivity index (χ1v) is 12.5. The molecule has 5 nitrogen and oxygen atoms in total. The second-order valence-corrected chi connectivity index (χ2v) is 10.1. The minimum atomic E-state index is -3.90. The molecule has 1 N–H and O–H groups in total. The fourth-order valence-corrected chi connectivity index (χ4v) is 5.82. The Morgan fingerprint density at radius 1 is 1.00 bits per heavy atom. The van der Waals surface area contributed by atoms with Crippen molar-refractivity contribution in [2.45, 2.75) is 43.7 Å². The highest BCUT2D eigenvalue weighted by Crippen LogP contribution is 2.36. The molecular weight excluding hydrogens is 439 g/mol. The molecule has 172 valence electrons. The Kier molecular flexibility index (Phi) is 6.91. The molecule has 0 radical (unpaired) electrons. The molecule has 1 atom stereocenters. The fourth-order valence-electron chi connectivity index (χ4n) is 4.21. The summed E-state index contributed by atoms with van der Waals surface area (Å²) in [7, 11) is -3.90. The van der Waals surface area contributed by atoms with Gasteiger partial charge in [-0.15, -0.1) is 0 Å². The zero-order valence-corrected chi connectivity index (χ0v) is 19.3. The third-order valence-corrected chi connectivity index (χ3v) is 8.01. The predicted octanol–water partition coefficient (Wildman–Crippen LogP) is 4.38. The van der Waals surface area contributed by atoms with Gasteiger partial charge in [0.1, 0.15) is 5.82 Å². The first-order valence-electron chi connectivity index (χ1n) is 11.1. The highest BCUT2D eigenvalue weighted by molar-refractivity contribution is 7.89. The van der Waals surface area contributed by atoms with Crippen LogP contribution in [0, 0.1) is 5.82 Å². The van der Waals surface area contributed by atoms with Gasteiger partial charge in [0.15, 0.2) is 0 Å². The van der Waals surface area contributed by atoms with Gasteiger partial charge in [-0.05, 0) is 59.4 Å². The molecule has 7 heteroatoms. The largest absolute Gasteiger partial charge is 0.352 e. The maximum Gasteiger partial charge on any atom is 0.243 e. The number of carbonyl (C=O) groups is 1. The van der Waals surface area contributed by atoms with Crippen LogP contribution in [-0.4, -0.2) is 25.2 Å². The molecule has 0 saturated heterocycles. The molecule has 1 heterocycles. The maximum atomic E-state index is 13.4. The number of carbonyl (C=O) groups excluding carboxylic acids is 1. The van der Waals surface area contributed by atoms with E-state index in [1.165, 1.54) is 22.0 Å². The summed E-state index contributed by atoms with van der Waals surface area (Å²) in [6, 6.07) is 19.8. The van der Waals surface area contributed by atoms with Crippen LogP contribution < -0.4 is 5.32 Å². The number of sulfonamides is 1. The molecule has 0 bridgehead atoms. The highest BCUT2D eigenvalue weighted by atomic mass is 32.2. The van der Waals surface area contributed by atoms with E-state index in [-0.39, 0.29) is 23.8 Å². The van der Waals surface area contributed by atoms with Crippen LogP contribution in [0.5, 0.6) is 0 Å². The number of nitrogens with one attached hydrogen (secondary N) is 1. The normalized spacial score (nSPS) is 16.2. The molecular formula is C26H27FN2O3S. The van der Waals surface area contributed by atoms with E-state index in [9.17, 15) is 17.6 Å². The lowest BCUT2D eigenvalue weighted by molar-refractivity contribution is -0.122. The molecule has 0 saturated carbocycles. The molecule has 3 aromatic rings. The lowest BCUT2D eigenvalue weighted by atomic mass is 9.92. The molecule has 4 rings (SSSR count). The van der Waals surface area contributed by atoms with Crippen LogP contribution in [0.15, 0.2) is 77.7 Å². The summed E-state index contributed by atoms with van der Waals surface area (Å²) < 4.78 is 41.6. The monoisotopic (exact) mass is 466 g/mol. The molecule has 0 aromatic heterocycles. The van der Waals surface area contributed by atoms with Gasteiger partial charge in [0.05, 0.1) is 10.9 Å². The molecule has 1 aliphatic rings. The lowest BCUT2D eigenvalue weighted by Gasteiger charge is -2.36. The molecule has 0 aliphatic carbocycles. The quantitative estimate of drug-likeness (QED) is 0.562. The van der Waals surface area contributed by atoms with E-state index < -0.39 is 21.9 Å². The van der Waals surface area contributed by atoms with Crippen molar-refractivity contribution in [3.63, 3.8) is 0 Å². The molecule has 3 aromatic carbocycles. The van der Waals surface area contributed by atoms with Crippen molar-refractivity contribution >= 4 is 15.9 Å². The number of aryl methyl sites for hydroxylation is 1. The van der Waals surface area contributed by atoms with E-state index in [1.54, 1.807) is 0 Å². The van der Waals surface area contributed by atoms with Gasteiger partial charge in [-0.1, -0.05) is 55.5 Å². The van der Waals surface area contributed by atoms with Crippen molar-refractivity contribution in [1.82, 2.24) is 9.62 Å². The van der Waals surface area contributed by atoms with Crippen LogP contribution in [0.1, 0.15) is 41.6 Å². The minimum absolute atomic E-state index is 0.00445. The molecule has 0 fully saturated rings. The van der Waals surface area contributed by atoms with Gasteiger partial charge in [0.2, 0.25) is 15.9 Å². The molecule has 1 amide bonds. The van der Waals surface area contributed by atoms with Crippen LogP contribution in [0.25, 0.3) is 0 Å². The summed E-state index contributed by atoms with van der Waals surface area (Å²) in [6.45, 7) is 2.72. The summed E-state index contributed by atoms with van der Waals surface area (Å²) >= 11 is 0. The van der Waals surface area contributed by atoms with Crippen LogP contribution >= 0.6 is 0 Å². The summed E-state index contributed by atoms with van der Waals surface area (Å²) in [6.07, 6.45) is 1.51. The van der Waals surface area contributed by atoms with Crippen LogP contribution in [0.4, 0.5) is 4.39 Å². The molecule has 1 aliphatic heterocycles. The standard InChI is InChI=1S/C26H27FN2O3S/c1-2-19-7-9-20(10-8-19)18-28-26(30)17-25-24-6-4-3-5-21(24)15-16-29(25)33(31,32)23-13-11-22(27)12-14-23/h3-14,25H,2,15-18H2,1H3,(H,28,30)/t25-/m1/s1. The van der Waals surface area contributed by atoms with Crippen molar-refractivity contribution in [2.75, 3.05) is 6.54 Å². The molecule has 33 heavy (non-hydrogen) atoms. The lowest BCUT2D eigenvalue weighted by Crippen LogP contribution is -2.42. The second-order valence-electron chi connectivity index (χ2n) is 8.19. The number of halogens is 1. The third kappa shape index (κ3) is 5.15. The Hall–Kier alpha value is -3.03. The van der Waals surface area contributed by atoms with Crippen molar-refractivity contribution in [3.05, 3.63) is 101 Å². The van der Waals surface area contributed by atoms with Gasteiger partial charge >= 0.3 is 0 Å². The third-order valence-electron chi connectivity index (χ3n) is 6.08. The maximum absolute atomic E-state index is 13.4. The Morgan fingerprint density at radius 3 is 2.36 bits per heavy atom. The second kappa shape index (κ2) is 9.85. The number of benzene rings is 3. The number of hydrogen-bond donors (Lipinski definition) is 1. The summed E-state index contributed by atoms with van der Waals surface area (Å²) in [4.78, 5) is 12.9. The Balaban J connectivity index is 1.56. The first-order chi connectivity index (χ1) is 15.9. The van der Waals surface area contributed by atoms with Crippen molar-refractivity contribution < 1.29 is 17.6 Å². The van der Waals surface area contributed by atoms with E-state index >= 15 is 0 Å². The van der Waals surface area contributed by atoms with Gasteiger partial charge in [-0.3, -0.25) is 4.79 Å². The summed E-state index contributed by atoms with van der Waals surface area (Å²) in [5.74, 6) is -0.726. The highest BCUT2D eigenvalue weighted by Gasteiger charge is 2.37. The topological polar surface area (TPSA) is 66.5 Å². The van der Waals surface area contributed by atoms with Gasteiger partial charge in [0, 0.05) is 19.5 Å². The number of fused-ring (bicyclic) bond motifs is 1. The zero-order valence-electron chi connectivity index (χ0n) is 18.5. The van der Waals surface area contributed by atoms with E-state index in [0.29, 0.717) is 13.0 Å². The Bertz CT molecular complexity index is 1230. The fraction of sp³-hybridized carbons (Fsp3) is 0.269. The predicted molar refractivity (Wildman–Crippen MR) is 125 cm³/mol. The van der Waals surface area contributed by atoms with Gasteiger partial charge in [-0.2, -0.15) is 4.31 Å². The smallest absolute Gasteiger partial charge is 0.243 e.